The van der Waals surface area contributed by atoms with Crippen LogP contribution in [0, 0.1) is 12.3 Å². The van der Waals surface area contributed by atoms with Crippen LogP contribution in [-0.2, 0) is 0 Å². The summed E-state index contributed by atoms with van der Waals surface area (Å²) in [5.74, 6) is -2.80. The van der Waals surface area contributed by atoms with Gasteiger partial charge >= 0.3 is 0 Å². The number of hydrogen-bond donors (Lipinski definition) is 0. The molecule has 0 aliphatic carbocycles. The lowest BCUT2D eigenvalue weighted by molar-refractivity contribution is -0.0685. The largest absolute Gasteiger partial charge is 0.254 e. The van der Waals surface area contributed by atoms with Crippen LogP contribution in [0.4, 0.5) is 8.78 Å². The standard InChI is InChI=1S/C13H17ClF2N2.C4H10/c1-8(12(3,4)13(5,15)16)6-10-9(2)18-11(14)7-17-10;1-3-4-2/h6-7H,1-5H3;3-4H2,1-2H3/b8-6+;. The minimum atomic E-state index is -2.80. The van der Waals surface area contributed by atoms with Gasteiger partial charge in [-0.3, -0.25) is 4.98 Å². The topological polar surface area (TPSA) is 25.8 Å². The Hall–Kier alpha value is -1.03. The molecular weight excluding hydrogens is 306 g/mol. The summed E-state index contributed by atoms with van der Waals surface area (Å²) in [5, 5.41) is 0.294. The fraction of sp³-hybridized carbons (Fsp3) is 0.647. The summed E-state index contributed by atoms with van der Waals surface area (Å²) in [5.41, 5.74) is 0.502. The molecule has 0 saturated carbocycles. The molecule has 0 bridgehead atoms. The van der Waals surface area contributed by atoms with E-state index in [0.29, 0.717) is 22.1 Å². The summed E-state index contributed by atoms with van der Waals surface area (Å²) in [4.78, 5) is 8.14. The Morgan fingerprint density at radius 3 is 2.09 bits per heavy atom. The third-order valence-electron chi connectivity index (χ3n) is 3.89. The van der Waals surface area contributed by atoms with Crippen LogP contribution >= 0.6 is 11.6 Å². The Morgan fingerprint density at radius 1 is 1.23 bits per heavy atom. The van der Waals surface area contributed by atoms with E-state index in [0.717, 1.165) is 6.92 Å². The second-order valence-corrected chi connectivity index (χ2v) is 6.39. The van der Waals surface area contributed by atoms with Gasteiger partial charge in [-0.05, 0) is 19.9 Å². The minimum Gasteiger partial charge on any atom is -0.252 e. The van der Waals surface area contributed by atoms with Gasteiger partial charge in [-0.1, -0.05) is 57.7 Å². The molecule has 0 unspecified atom stereocenters. The van der Waals surface area contributed by atoms with E-state index >= 15 is 0 Å². The lowest BCUT2D eigenvalue weighted by atomic mass is 9.79. The van der Waals surface area contributed by atoms with Crippen molar-refractivity contribution in [2.24, 2.45) is 5.41 Å². The number of nitrogens with zero attached hydrogens (tertiary/aromatic N) is 2. The number of hydrogen-bond acceptors (Lipinski definition) is 2. The van der Waals surface area contributed by atoms with E-state index in [1.54, 1.807) is 19.9 Å². The summed E-state index contributed by atoms with van der Waals surface area (Å²) >= 11 is 5.70. The molecule has 0 aromatic carbocycles. The van der Waals surface area contributed by atoms with Crippen LogP contribution in [0.15, 0.2) is 11.8 Å². The first-order valence-electron chi connectivity index (χ1n) is 7.53. The van der Waals surface area contributed by atoms with Gasteiger partial charge in [0.05, 0.1) is 17.6 Å². The highest BCUT2D eigenvalue weighted by Gasteiger charge is 2.43. The fourth-order valence-corrected chi connectivity index (χ4v) is 1.51. The van der Waals surface area contributed by atoms with Crippen LogP contribution in [0.1, 0.15) is 65.8 Å². The molecule has 0 amide bonds. The van der Waals surface area contributed by atoms with Crippen molar-refractivity contribution in [2.45, 2.75) is 67.2 Å². The number of aryl methyl sites for hydroxylation is 1. The summed E-state index contributed by atoms with van der Waals surface area (Å²) in [6, 6.07) is 0. The van der Waals surface area contributed by atoms with Gasteiger partial charge in [0.15, 0.2) is 0 Å². The summed E-state index contributed by atoms with van der Waals surface area (Å²) in [6.45, 7) is 11.7. The summed E-state index contributed by atoms with van der Waals surface area (Å²) in [6.07, 6.45) is 5.68. The normalized spacial score (nSPS) is 12.7. The Balaban J connectivity index is 0.000000980. The van der Waals surface area contributed by atoms with Gasteiger partial charge in [0.2, 0.25) is 0 Å². The molecule has 22 heavy (non-hydrogen) atoms. The predicted molar refractivity (Wildman–Crippen MR) is 90.4 cm³/mol. The lowest BCUT2D eigenvalue weighted by Crippen LogP contribution is -2.34. The van der Waals surface area contributed by atoms with Gasteiger partial charge in [0, 0.05) is 12.3 Å². The van der Waals surface area contributed by atoms with Crippen LogP contribution in [0.5, 0.6) is 0 Å². The Labute approximate surface area is 138 Å². The van der Waals surface area contributed by atoms with Gasteiger partial charge in [-0.2, -0.15) is 0 Å². The van der Waals surface area contributed by atoms with E-state index in [1.807, 2.05) is 0 Å². The number of allylic oxidation sites excluding steroid dienone is 1. The van der Waals surface area contributed by atoms with Crippen LogP contribution in [0.2, 0.25) is 5.15 Å². The Bertz CT molecular complexity index is 504. The van der Waals surface area contributed by atoms with Crippen molar-refractivity contribution in [3.63, 3.8) is 0 Å². The molecule has 0 atom stereocenters. The maximum absolute atomic E-state index is 13.5. The van der Waals surface area contributed by atoms with E-state index in [9.17, 15) is 8.78 Å². The van der Waals surface area contributed by atoms with Crippen molar-refractivity contribution in [3.05, 3.63) is 28.3 Å². The molecule has 2 nitrogen and oxygen atoms in total. The highest BCUT2D eigenvalue weighted by Crippen LogP contribution is 2.42. The number of aromatic nitrogens is 2. The zero-order chi connectivity index (χ0) is 17.6. The molecule has 1 aromatic rings. The number of halogens is 3. The van der Waals surface area contributed by atoms with Crippen molar-refractivity contribution in [3.8, 4) is 0 Å². The predicted octanol–water partition coefficient (Wildman–Crippen LogP) is 6.33. The highest BCUT2D eigenvalue weighted by atomic mass is 35.5. The number of rotatable bonds is 4. The van der Waals surface area contributed by atoms with Crippen LogP contribution in [0.3, 0.4) is 0 Å². The molecule has 0 spiro atoms. The van der Waals surface area contributed by atoms with Gasteiger partial charge in [0.25, 0.3) is 5.92 Å². The SMILES string of the molecule is C/C(=C\c1ncc(Cl)nc1C)C(C)(C)C(C)(F)F.CCCC. The Morgan fingerprint density at radius 2 is 1.73 bits per heavy atom. The van der Waals surface area contributed by atoms with Crippen LogP contribution in [-0.4, -0.2) is 15.9 Å². The molecule has 0 aliphatic heterocycles. The maximum atomic E-state index is 13.5. The second-order valence-electron chi connectivity index (χ2n) is 6.00. The Kier molecular flexibility index (Phi) is 8.16. The molecule has 126 valence electrons. The quantitative estimate of drug-likeness (QED) is 0.643. The van der Waals surface area contributed by atoms with Crippen LogP contribution in [0.25, 0.3) is 6.08 Å². The fourth-order valence-electron chi connectivity index (χ4n) is 1.34. The van der Waals surface area contributed by atoms with E-state index in [1.165, 1.54) is 32.9 Å². The minimum absolute atomic E-state index is 0.294. The van der Waals surface area contributed by atoms with Gasteiger partial charge in [-0.15, -0.1) is 0 Å². The second kappa shape index (κ2) is 8.56. The van der Waals surface area contributed by atoms with Gasteiger partial charge in [-0.25, -0.2) is 13.8 Å². The van der Waals surface area contributed by atoms with E-state index in [-0.39, 0.29) is 0 Å². The molecule has 0 N–H and O–H groups in total. The summed E-state index contributed by atoms with van der Waals surface area (Å²) < 4.78 is 27.0. The average molecular weight is 333 g/mol. The zero-order valence-electron chi connectivity index (χ0n) is 14.6. The van der Waals surface area contributed by atoms with E-state index in [4.69, 9.17) is 11.6 Å². The zero-order valence-corrected chi connectivity index (χ0v) is 15.4. The average Bonchev–Trinajstić information content (AvgIpc) is 2.40. The molecule has 1 rings (SSSR count). The molecule has 0 saturated heterocycles. The van der Waals surface area contributed by atoms with Gasteiger partial charge in [0.1, 0.15) is 5.15 Å². The maximum Gasteiger partial charge on any atom is 0.254 e. The third-order valence-corrected chi connectivity index (χ3v) is 4.07. The van der Waals surface area contributed by atoms with E-state index in [2.05, 4.69) is 23.8 Å². The van der Waals surface area contributed by atoms with Crippen molar-refractivity contribution >= 4 is 17.7 Å². The van der Waals surface area contributed by atoms with Crippen molar-refractivity contribution in [1.29, 1.82) is 0 Å². The first-order valence-corrected chi connectivity index (χ1v) is 7.90. The first-order chi connectivity index (χ1) is 9.97. The van der Waals surface area contributed by atoms with Crippen molar-refractivity contribution in [1.82, 2.24) is 9.97 Å². The summed E-state index contributed by atoms with van der Waals surface area (Å²) in [7, 11) is 0. The first kappa shape index (κ1) is 21.0. The smallest absolute Gasteiger partial charge is 0.252 e. The van der Waals surface area contributed by atoms with Crippen molar-refractivity contribution < 1.29 is 8.78 Å². The monoisotopic (exact) mass is 332 g/mol. The van der Waals surface area contributed by atoms with Gasteiger partial charge < -0.3 is 0 Å². The molecule has 0 radical (unpaired) electrons. The lowest BCUT2D eigenvalue weighted by Gasteiger charge is -2.32. The van der Waals surface area contributed by atoms with Crippen molar-refractivity contribution in [2.75, 3.05) is 0 Å². The molecular formula is C17H27ClF2N2. The molecule has 0 fully saturated rings. The van der Waals surface area contributed by atoms with Crippen LogP contribution < -0.4 is 0 Å². The highest BCUT2D eigenvalue weighted by molar-refractivity contribution is 6.29. The molecule has 1 heterocycles. The number of alkyl halides is 2. The van der Waals surface area contributed by atoms with E-state index < -0.39 is 11.3 Å². The molecule has 0 aliphatic rings. The molecule has 5 heteroatoms. The molecule has 1 aromatic heterocycles. The third kappa shape index (κ3) is 5.99. The number of unbranched alkanes of at least 4 members (excludes halogenated alkanes) is 1.